The fourth-order valence-electron chi connectivity index (χ4n) is 2.99. The van der Waals surface area contributed by atoms with E-state index in [0.29, 0.717) is 18.7 Å². The summed E-state index contributed by atoms with van der Waals surface area (Å²) in [5.74, 6) is -0.0265. The number of nitrogens with zero attached hydrogens (tertiary/aromatic N) is 1. The van der Waals surface area contributed by atoms with Gasteiger partial charge in [0.1, 0.15) is 0 Å². The van der Waals surface area contributed by atoms with Crippen molar-refractivity contribution >= 4 is 18.5 Å². The normalized spacial score (nSPS) is 23.3. The predicted molar refractivity (Wildman–Crippen MR) is 88.6 cm³/mol. The number of β-amino-alcohol motifs (C(OH)–C–C–N with tert-alkyl or cyclic N) is 1. The molecule has 1 aromatic carbocycles. The minimum absolute atomic E-state index is 0.0265. The van der Waals surface area contributed by atoms with Crippen LogP contribution in [0, 0.1) is 0 Å². The molecule has 0 spiro atoms. The third kappa shape index (κ3) is 2.79. The van der Waals surface area contributed by atoms with Gasteiger partial charge >= 0.3 is 7.12 Å². The van der Waals surface area contributed by atoms with Crippen molar-refractivity contribution in [2.24, 2.45) is 0 Å². The molecule has 0 radical (unpaired) electrons. The number of aliphatic hydroxyl groups is 1. The summed E-state index contributed by atoms with van der Waals surface area (Å²) in [6, 6.07) is 5.71. The molecule has 2 aliphatic rings. The lowest BCUT2D eigenvalue weighted by Gasteiger charge is -2.32. The van der Waals surface area contributed by atoms with Crippen LogP contribution < -0.4 is 5.46 Å². The fraction of sp³-hybridized carbons (Fsp3) is 0.588. The van der Waals surface area contributed by atoms with Gasteiger partial charge in [0, 0.05) is 18.7 Å². The smallest absolute Gasteiger partial charge is 0.399 e. The van der Waals surface area contributed by atoms with Crippen molar-refractivity contribution < 1.29 is 19.2 Å². The van der Waals surface area contributed by atoms with E-state index in [1.54, 1.807) is 11.8 Å². The number of hydrogen-bond donors (Lipinski definition) is 1. The van der Waals surface area contributed by atoms with Crippen LogP contribution in [0.25, 0.3) is 0 Å². The van der Waals surface area contributed by atoms with E-state index in [9.17, 15) is 9.90 Å². The summed E-state index contributed by atoms with van der Waals surface area (Å²) < 4.78 is 12.1. The van der Waals surface area contributed by atoms with Crippen LogP contribution in [0.2, 0.25) is 0 Å². The van der Waals surface area contributed by atoms with Crippen molar-refractivity contribution in [3.05, 3.63) is 29.3 Å². The SMILES string of the molecule is CC(O)CN1Cc2cc(B3OC(C)(C)C(C)(C)O3)ccc2C1=O. The van der Waals surface area contributed by atoms with Crippen molar-refractivity contribution in [3.8, 4) is 0 Å². The monoisotopic (exact) mass is 317 g/mol. The Kier molecular flexibility index (Phi) is 3.82. The van der Waals surface area contributed by atoms with Gasteiger partial charge in [-0.25, -0.2) is 0 Å². The van der Waals surface area contributed by atoms with Crippen molar-refractivity contribution in [1.82, 2.24) is 4.90 Å². The summed E-state index contributed by atoms with van der Waals surface area (Å²) >= 11 is 0. The standard InChI is InChI=1S/C17H24BNO4/c1-11(20)9-19-10-12-8-13(6-7-14(12)15(19)21)18-22-16(2,3)17(4,5)23-18/h6-8,11,20H,9-10H2,1-5H3. The Balaban J connectivity index is 1.83. The lowest BCUT2D eigenvalue weighted by molar-refractivity contribution is 0.00578. The first-order chi connectivity index (χ1) is 10.6. The molecule has 2 heterocycles. The van der Waals surface area contributed by atoms with Crippen molar-refractivity contribution in [2.45, 2.75) is 58.5 Å². The molecule has 0 aromatic heterocycles. The van der Waals surface area contributed by atoms with Crippen molar-refractivity contribution in [1.29, 1.82) is 0 Å². The lowest BCUT2D eigenvalue weighted by atomic mass is 9.78. The van der Waals surface area contributed by atoms with Crippen LogP contribution in [-0.2, 0) is 15.9 Å². The van der Waals surface area contributed by atoms with Gasteiger partial charge < -0.3 is 19.3 Å². The minimum Gasteiger partial charge on any atom is -0.399 e. The van der Waals surface area contributed by atoms with Gasteiger partial charge in [-0.1, -0.05) is 12.1 Å². The van der Waals surface area contributed by atoms with E-state index in [2.05, 4.69) is 0 Å². The van der Waals surface area contributed by atoms with Gasteiger partial charge in [-0.15, -0.1) is 0 Å². The Hall–Kier alpha value is -1.37. The Labute approximate surface area is 137 Å². The molecule has 1 atom stereocenters. The molecule has 0 saturated carbocycles. The largest absolute Gasteiger partial charge is 0.494 e. The molecule has 1 amide bonds. The molecule has 5 nitrogen and oxygen atoms in total. The fourth-order valence-corrected chi connectivity index (χ4v) is 2.99. The Bertz CT molecular complexity index is 625. The molecule has 1 N–H and O–H groups in total. The first-order valence-electron chi connectivity index (χ1n) is 8.06. The second kappa shape index (κ2) is 5.33. The zero-order valence-electron chi connectivity index (χ0n) is 14.4. The molecular formula is C17H24BNO4. The van der Waals surface area contributed by atoms with E-state index in [4.69, 9.17) is 9.31 Å². The number of amides is 1. The zero-order chi connectivity index (χ0) is 17.0. The van der Waals surface area contributed by atoms with Gasteiger partial charge in [0.15, 0.2) is 0 Å². The van der Waals surface area contributed by atoms with Gasteiger partial charge in [-0.3, -0.25) is 4.79 Å². The number of rotatable bonds is 3. The molecule has 2 aliphatic heterocycles. The van der Waals surface area contributed by atoms with Gasteiger partial charge in [-0.05, 0) is 51.7 Å². The summed E-state index contributed by atoms with van der Waals surface area (Å²) in [5, 5.41) is 9.52. The number of aliphatic hydroxyl groups excluding tert-OH is 1. The summed E-state index contributed by atoms with van der Waals surface area (Å²) in [7, 11) is -0.425. The minimum atomic E-state index is -0.532. The third-order valence-corrected chi connectivity index (χ3v) is 5.02. The molecule has 1 unspecified atom stereocenters. The van der Waals surface area contributed by atoms with Crippen molar-refractivity contribution in [3.63, 3.8) is 0 Å². The average molecular weight is 317 g/mol. The van der Waals surface area contributed by atoms with Crippen LogP contribution in [0.5, 0.6) is 0 Å². The topological polar surface area (TPSA) is 59.0 Å². The van der Waals surface area contributed by atoms with Crippen molar-refractivity contribution in [2.75, 3.05) is 6.54 Å². The molecule has 3 rings (SSSR count). The second-order valence-electron chi connectivity index (χ2n) is 7.54. The highest BCUT2D eigenvalue weighted by molar-refractivity contribution is 6.62. The summed E-state index contributed by atoms with van der Waals surface area (Å²) in [6.07, 6.45) is -0.532. The number of fused-ring (bicyclic) bond motifs is 1. The van der Waals surface area contributed by atoms with Crippen LogP contribution in [0.15, 0.2) is 18.2 Å². The maximum Gasteiger partial charge on any atom is 0.494 e. The molecule has 124 valence electrons. The molecular weight excluding hydrogens is 293 g/mol. The maximum atomic E-state index is 12.3. The average Bonchev–Trinajstić information content (AvgIpc) is 2.83. The Morgan fingerprint density at radius 1 is 1.26 bits per heavy atom. The quantitative estimate of drug-likeness (QED) is 0.855. The first-order valence-corrected chi connectivity index (χ1v) is 8.06. The van der Waals surface area contributed by atoms with Crippen LogP contribution in [0.4, 0.5) is 0 Å². The van der Waals surface area contributed by atoms with Gasteiger partial charge in [-0.2, -0.15) is 0 Å². The van der Waals surface area contributed by atoms with E-state index in [0.717, 1.165) is 11.0 Å². The van der Waals surface area contributed by atoms with Crippen LogP contribution in [0.3, 0.4) is 0 Å². The molecule has 1 aromatic rings. The highest BCUT2D eigenvalue weighted by Crippen LogP contribution is 2.36. The summed E-state index contributed by atoms with van der Waals surface area (Å²) in [5.41, 5.74) is 1.82. The molecule has 6 heteroatoms. The van der Waals surface area contributed by atoms with Crippen LogP contribution in [-0.4, -0.2) is 46.9 Å². The summed E-state index contributed by atoms with van der Waals surface area (Å²) in [4.78, 5) is 14.0. The van der Waals surface area contributed by atoms with Gasteiger partial charge in [0.25, 0.3) is 5.91 Å². The van der Waals surface area contributed by atoms with E-state index >= 15 is 0 Å². The Morgan fingerprint density at radius 2 is 1.87 bits per heavy atom. The van der Waals surface area contributed by atoms with E-state index in [1.165, 1.54) is 0 Å². The Morgan fingerprint density at radius 3 is 2.43 bits per heavy atom. The van der Waals surface area contributed by atoms with E-state index in [1.807, 2.05) is 45.9 Å². The van der Waals surface area contributed by atoms with E-state index < -0.39 is 13.2 Å². The number of benzene rings is 1. The zero-order valence-corrected chi connectivity index (χ0v) is 14.4. The predicted octanol–water partition coefficient (Wildman–Crippen LogP) is 1.32. The highest BCUT2D eigenvalue weighted by atomic mass is 16.7. The first kappa shape index (κ1) is 16.5. The molecule has 0 aliphatic carbocycles. The molecule has 0 bridgehead atoms. The second-order valence-corrected chi connectivity index (χ2v) is 7.54. The lowest BCUT2D eigenvalue weighted by Crippen LogP contribution is -2.41. The maximum absolute atomic E-state index is 12.3. The van der Waals surface area contributed by atoms with Crippen LogP contribution >= 0.6 is 0 Å². The van der Waals surface area contributed by atoms with E-state index in [-0.39, 0.29) is 17.1 Å². The highest BCUT2D eigenvalue weighted by Gasteiger charge is 2.51. The number of hydrogen-bond acceptors (Lipinski definition) is 4. The molecule has 1 saturated heterocycles. The number of carbonyl (C=O) groups is 1. The summed E-state index contributed by atoms with van der Waals surface area (Å²) in [6.45, 7) is 10.6. The van der Waals surface area contributed by atoms with Crippen LogP contribution in [0.1, 0.15) is 50.5 Å². The molecule has 23 heavy (non-hydrogen) atoms. The van der Waals surface area contributed by atoms with Gasteiger partial charge in [0.2, 0.25) is 0 Å². The third-order valence-electron chi connectivity index (χ3n) is 5.02. The van der Waals surface area contributed by atoms with Gasteiger partial charge in [0.05, 0.1) is 17.3 Å². The number of carbonyl (C=O) groups excluding carboxylic acids is 1. The molecule has 1 fully saturated rings.